The molecule has 0 aliphatic rings. The summed E-state index contributed by atoms with van der Waals surface area (Å²) in [5.41, 5.74) is 6.71. The lowest BCUT2D eigenvalue weighted by Gasteiger charge is -2.07. The van der Waals surface area contributed by atoms with Crippen molar-refractivity contribution in [3.8, 4) is 5.75 Å². The van der Waals surface area contributed by atoms with Crippen molar-refractivity contribution in [3.05, 3.63) is 35.7 Å². The molecule has 0 atom stereocenters. The van der Waals surface area contributed by atoms with Gasteiger partial charge in [-0.15, -0.1) is 10.2 Å². The summed E-state index contributed by atoms with van der Waals surface area (Å²) in [4.78, 5) is 0. The van der Waals surface area contributed by atoms with E-state index in [1.807, 2.05) is 35.9 Å². The molecule has 2 aromatic rings. The van der Waals surface area contributed by atoms with E-state index in [-0.39, 0.29) is 0 Å². The fourth-order valence-electron chi connectivity index (χ4n) is 1.61. The van der Waals surface area contributed by atoms with Crippen molar-refractivity contribution < 1.29 is 4.74 Å². The number of benzene rings is 1. The molecular weight excluding hydrogens is 248 g/mol. The van der Waals surface area contributed by atoms with Crippen LogP contribution < -0.4 is 10.5 Å². The SMILES string of the molecule is COc1ccccc1CSc1nnc(CN)n1C. The Morgan fingerprint density at radius 2 is 2.11 bits per heavy atom. The highest BCUT2D eigenvalue weighted by Gasteiger charge is 2.09. The summed E-state index contributed by atoms with van der Waals surface area (Å²) in [6, 6.07) is 7.96. The predicted octanol–water partition coefficient (Wildman–Crippen LogP) is 1.57. The highest BCUT2D eigenvalue weighted by Crippen LogP contribution is 2.26. The van der Waals surface area contributed by atoms with Gasteiger partial charge in [0, 0.05) is 18.4 Å². The number of nitrogens with zero attached hydrogens (tertiary/aromatic N) is 3. The van der Waals surface area contributed by atoms with E-state index in [4.69, 9.17) is 10.5 Å². The van der Waals surface area contributed by atoms with E-state index in [0.29, 0.717) is 6.54 Å². The van der Waals surface area contributed by atoms with Crippen molar-refractivity contribution in [2.24, 2.45) is 12.8 Å². The van der Waals surface area contributed by atoms with Gasteiger partial charge in [-0.1, -0.05) is 30.0 Å². The van der Waals surface area contributed by atoms with Crippen LogP contribution in [0.25, 0.3) is 0 Å². The topological polar surface area (TPSA) is 66.0 Å². The molecule has 1 aromatic carbocycles. The minimum absolute atomic E-state index is 0.402. The molecule has 0 aliphatic carbocycles. The van der Waals surface area contributed by atoms with Crippen molar-refractivity contribution >= 4 is 11.8 Å². The Kier molecular flexibility index (Phi) is 4.22. The minimum atomic E-state index is 0.402. The lowest BCUT2D eigenvalue weighted by atomic mass is 10.2. The zero-order valence-corrected chi connectivity index (χ0v) is 11.3. The second kappa shape index (κ2) is 5.88. The average molecular weight is 264 g/mol. The van der Waals surface area contributed by atoms with E-state index in [2.05, 4.69) is 10.2 Å². The summed E-state index contributed by atoms with van der Waals surface area (Å²) in [5, 5.41) is 9.00. The molecule has 96 valence electrons. The predicted molar refractivity (Wildman–Crippen MR) is 71.4 cm³/mol. The molecule has 0 spiro atoms. The first-order valence-electron chi connectivity index (χ1n) is 5.59. The smallest absolute Gasteiger partial charge is 0.191 e. The van der Waals surface area contributed by atoms with E-state index < -0.39 is 0 Å². The van der Waals surface area contributed by atoms with Gasteiger partial charge in [0.2, 0.25) is 0 Å². The number of ether oxygens (including phenoxy) is 1. The van der Waals surface area contributed by atoms with Crippen LogP contribution in [0, 0.1) is 0 Å². The molecule has 0 saturated heterocycles. The summed E-state index contributed by atoms with van der Waals surface area (Å²) >= 11 is 1.62. The van der Waals surface area contributed by atoms with Gasteiger partial charge >= 0.3 is 0 Å². The van der Waals surface area contributed by atoms with Crippen LogP contribution in [0.15, 0.2) is 29.4 Å². The average Bonchev–Trinajstić information content (AvgIpc) is 2.77. The van der Waals surface area contributed by atoms with Crippen molar-refractivity contribution in [1.82, 2.24) is 14.8 Å². The van der Waals surface area contributed by atoms with Gasteiger partial charge in [0.15, 0.2) is 5.16 Å². The molecule has 0 fully saturated rings. The van der Waals surface area contributed by atoms with Gasteiger partial charge in [0.25, 0.3) is 0 Å². The highest BCUT2D eigenvalue weighted by atomic mass is 32.2. The first-order valence-corrected chi connectivity index (χ1v) is 6.58. The molecular formula is C12H16N4OS. The molecule has 0 aliphatic heterocycles. The second-order valence-electron chi connectivity index (χ2n) is 3.76. The maximum Gasteiger partial charge on any atom is 0.191 e. The van der Waals surface area contributed by atoms with Crippen LogP contribution in [0.4, 0.5) is 0 Å². The van der Waals surface area contributed by atoms with E-state index in [0.717, 1.165) is 28.0 Å². The van der Waals surface area contributed by atoms with Gasteiger partial charge in [-0.25, -0.2) is 0 Å². The quantitative estimate of drug-likeness (QED) is 0.830. The van der Waals surface area contributed by atoms with Crippen LogP contribution in [0.1, 0.15) is 11.4 Å². The Labute approximate surface area is 110 Å². The Bertz CT molecular complexity index is 527. The summed E-state index contributed by atoms with van der Waals surface area (Å²) in [5.74, 6) is 2.48. The maximum absolute atomic E-state index is 5.56. The van der Waals surface area contributed by atoms with Gasteiger partial charge in [-0.05, 0) is 6.07 Å². The number of para-hydroxylation sites is 1. The molecule has 5 nitrogen and oxygen atoms in total. The van der Waals surface area contributed by atoms with Crippen molar-refractivity contribution in [2.45, 2.75) is 17.5 Å². The van der Waals surface area contributed by atoms with Crippen LogP contribution in [0.3, 0.4) is 0 Å². The van der Waals surface area contributed by atoms with E-state index in [9.17, 15) is 0 Å². The Morgan fingerprint density at radius 3 is 2.78 bits per heavy atom. The molecule has 0 bridgehead atoms. The standard InChI is InChI=1S/C12H16N4OS/c1-16-11(7-13)14-15-12(16)18-8-9-5-3-4-6-10(9)17-2/h3-6H,7-8,13H2,1-2H3. The molecule has 1 heterocycles. The molecule has 1 aromatic heterocycles. The summed E-state index contributed by atoms with van der Waals surface area (Å²) in [6.45, 7) is 0.402. The largest absolute Gasteiger partial charge is 0.496 e. The van der Waals surface area contributed by atoms with E-state index in [1.54, 1.807) is 18.9 Å². The minimum Gasteiger partial charge on any atom is -0.496 e. The molecule has 6 heteroatoms. The Morgan fingerprint density at radius 1 is 1.33 bits per heavy atom. The maximum atomic E-state index is 5.56. The van der Waals surface area contributed by atoms with Crippen LogP contribution in [0.5, 0.6) is 5.75 Å². The summed E-state index contributed by atoms with van der Waals surface area (Å²) in [6.07, 6.45) is 0. The van der Waals surface area contributed by atoms with E-state index in [1.165, 1.54) is 0 Å². The van der Waals surface area contributed by atoms with Crippen LogP contribution in [-0.4, -0.2) is 21.9 Å². The van der Waals surface area contributed by atoms with Crippen LogP contribution in [-0.2, 0) is 19.3 Å². The monoisotopic (exact) mass is 264 g/mol. The molecule has 2 rings (SSSR count). The Hall–Kier alpha value is -1.53. The molecule has 0 unspecified atom stereocenters. The Balaban J connectivity index is 2.09. The molecule has 0 radical (unpaired) electrons. The fraction of sp³-hybridized carbons (Fsp3) is 0.333. The third-order valence-corrected chi connectivity index (χ3v) is 3.73. The first kappa shape index (κ1) is 12.9. The number of hydrogen-bond acceptors (Lipinski definition) is 5. The van der Waals surface area contributed by atoms with Gasteiger partial charge in [-0.3, -0.25) is 0 Å². The van der Waals surface area contributed by atoms with Crippen molar-refractivity contribution in [3.63, 3.8) is 0 Å². The number of thioether (sulfide) groups is 1. The van der Waals surface area contributed by atoms with Crippen LogP contribution >= 0.6 is 11.8 Å². The zero-order chi connectivity index (χ0) is 13.0. The number of methoxy groups -OCH3 is 1. The highest BCUT2D eigenvalue weighted by molar-refractivity contribution is 7.98. The van der Waals surface area contributed by atoms with Crippen molar-refractivity contribution in [1.29, 1.82) is 0 Å². The van der Waals surface area contributed by atoms with Gasteiger partial charge in [0.1, 0.15) is 11.6 Å². The number of nitrogens with two attached hydrogens (primary N) is 1. The van der Waals surface area contributed by atoms with Crippen LogP contribution in [0.2, 0.25) is 0 Å². The fourth-order valence-corrected chi connectivity index (χ4v) is 2.53. The molecule has 18 heavy (non-hydrogen) atoms. The number of rotatable bonds is 5. The van der Waals surface area contributed by atoms with E-state index >= 15 is 0 Å². The van der Waals surface area contributed by atoms with Gasteiger partial charge in [-0.2, -0.15) is 0 Å². The lowest BCUT2D eigenvalue weighted by molar-refractivity contribution is 0.411. The van der Waals surface area contributed by atoms with Gasteiger partial charge in [0.05, 0.1) is 13.7 Å². The second-order valence-corrected chi connectivity index (χ2v) is 4.70. The third-order valence-electron chi connectivity index (χ3n) is 2.66. The molecule has 0 saturated carbocycles. The van der Waals surface area contributed by atoms with Gasteiger partial charge < -0.3 is 15.0 Å². The lowest BCUT2D eigenvalue weighted by Crippen LogP contribution is -2.05. The normalized spacial score (nSPS) is 10.6. The third kappa shape index (κ3) is 2.65. The summed E-state index contributed by atoms with van der Waals surface area (Å²) in [7, 11) is 3.60. The van der Waals surface area contributed by atoms with Crippen molar-refractivity contribution in [2.75, 3.05) is 7.11 Å². The number of aromatic nitrogens is 3. The molecule has 0 amide bonds. The summed E-state index contributed by atoms with van der Waals surface area (Å²) < 4.78 is 7.23. The molecule has 2 N–H and O–H groups in total. The number of hydrogen-bond donors (Lipinski definition) is 1. The first-order chi connectivity index (χ1) is 8.76. The zero-order valence-electron chi connectivity index (χ0n) is 10.5.